The second-order valence-corrected chi connectivity index (χ2v) is 5.88. The van der Waals surface area contributed by atoms with Crippen molar-refractivity contribution in [3.63, 3.8) is 0 Å². The fraction of sp³-hybridized carbons (Fsp3) is 0.857. The Kier molecular flexibility index (Phi) is 8.39. The first-order valence-electron chi connectivity index (χ1n) is 6.99. The van der Waals surface area contributed by atoms with Crippen LogP contribution in [0.15, 0.2) is 0 Å². The van der Waals surface area contributed by atoms with Crippen LogP contribution in [-0.2, 0) is 9.59 Å². The molecule has 2 atom stereocenters. The maximum absolute atomic E-state index is 11.7. The number of aliphatic carboxylic acids is 1. The molecular weight excluding hydrogens is 244 g/mol. The van der Waals surface area contributed by atoms with Crippen molar-refractivity contribution in [2.24, 2.45) is 11.8 Å². The lowest BCUT2D eigenvalue weighted by molar-refractivity contribution is -0.140. The van der Waals surface area contributed by atoms with Crippen LogP contribution >= 0.6 is 0 Å². The van der Waals surface area contributed by atoms with Crippen LogP contribution in [0.2, 0.25) is 0 Å². The third kappa shape index (κ3) is 8.59. The number of carboxylic acids is 1. The molecule has 0 spiro atoms. The molecule has 0 bridgehead atoms. The standard InChI is InChI=1S/C14H28N2O3/c1-9(2)6-7-11(5)16-12(17)8-15-13(10(3)4)14(18)19/h9-11,13,15H,6-8H2,1-5H3,(H,16,17)(H,18,19). The first-order chi connectivity index (χ1) is 8.73. The second kappa shape index (κ2) is 8.91. The zero-order valence-electron chi connectivity index (χ0n) is 12.7. The lowest BCUT2D eigenvalue weighted by Gasteiger charge is -2.19. The Hall–Kier alpha value is -1.10. The van der Waals surface area contributed by atoms with Gasteiger partial charge in [0.25, 0.3) is 0 Å². The fourth-order valence-electron chi connectivity index (χ4n) is 1.79. The Morgan fingerprint density at radius 1 is 1.05 bits per heavy atom. The maximum atomic E-state index is 11.7. The summed E-state index contributed by atoms with van der Waals surface area (Å²) in [6.45, 7) is 9.94. The smallest absolute Gasteiger partial charge is 0.320 e. The summed E-state index contributed by atoms with van der Waals surface area (Å²) in [6, 6.07) is -0.559. The minimum Gasteiger partial charge on any atom is -0.480 e. The lowest BCUT2D eigenvalue weighted by atomic mass is 10.0. The van der Waals surface area contributed by atoms with Crippen molar-refractivity contribution in [3.05, 3.63) is 0 Å². The molecule has 0 saturated heterocycles. The molecule has 0 aliphatic carbocycles. The largest absolute Gasteiger partial charge is 0.480 e. The van der Waals surface area contributed by atoms with E-state index >= 15 is 0 Å². The van der Waals surface area contributed by atoms with E-state index in [0.717, 1.165) is 12.8 Å². The number of nitrogens with one attached hydrogen (secondary N) is 2. The van der Waals surface area contributed by atoms with E-state index in [4.69, 9.17) is 5.11 Å². The van der Waals surface area contributed by atoms with E-state index in [9.17, 15) is 9.59 Å². The zero-order chi connectivity index (χ0) is 15.0. The predicted octanol–water partition coefficient (Wildman–Crippen LogP) is 1.63. The zero-order valence-corrected chi connectivity index (χ0v) is 12.7. The van der Waals surface area contributed by atoms with Crippen molar-refractivity contribution in [2.75, 3.05) is 6.54 Å². The van der Waals surface area contributed by atoms with Gasteiger partial charge in [0.15, 0.2) is 0 Å². The molecular formula is C14H28N2O3. The van der Waals surface area contributed by atoms with Gasteiger partial charge in [-0.25, -0.2) is 0 Å². The van der Waals surface area contributed by atoms with Gasteiger partial charge in [0.2, 0.25) is 5.91 Å². The van der Waals surface area contributed by atoms with Crippen molar-refractivity contribution in [1.82, 2.24) is 10.6 Å². The normalized spacial score (nSPS) is 14.5. The Morgan fingerprint density at radius 2 is 1.63 bits per heavy atom. The van der Waals surface area contributed by atoms with Gasteiger partial charge in [0, 0.05) is 6.04 Å². The highest BCUT2D eigenvalue weighted by Crippen LogP contribution is 2.06. The third-order valence-electron chi connectivity index (χ3n) is 3.00. The van der Waals surface area contributed by atoms with E-state index in [2.05, 4.69) is 24.5 Å². The first kappa shape index (κ1) is 17.9. The Bertz CT molecular complexity index is 290. The van der Waals surface area contributed by atoms with Gasteiger partial charge in [-0.15, -0.1) is 0 Å². The van der Waals surface area contributed by atoms with Gasteiger partial charge in [-0.1, -0.05) is 27.7 Å². The van der Waals surface area contributed by atoms with Crippen molar-refractivity contribution >= 4 is 11.9 Å². The molecule has 0 heterocycles. The maximum Gasteiger partial charge on any atom is 0.320 e. The summed E-state index contributed by atoms with van der Waals surface area (Å²) in [4.78, 5) is 22.6. The van der Waals surface area contributed by atoms with Gasteiger partial charge in [-0.2, -0.15) is 0 Å². The first-order valence-corrected chi connectivity index (χ1v) is 6.99. The number of carbonyl (C=O) groups is 2. The van der Waals surface area contributed by atoms with E-state index in [0.29, 0.717) is 5.92 Å². The molecule has 0 aromatic carbocycles. The lowest BCUT2D eigenvalue weighted by Crippen LogP contribution is -2.47. The molecule has 5 heteroatoms. The van der Waals surface area contributed by atoms with Gasteiger partial charge >= 0.3 is 5.97 Å². The van der Waals surface area contributed by atoms with Gasteiger partial charge in [-0.3, -0.25) is 14.9 Å². The molecule has 0 radical (unpaired) electrons. The topological polar surface area (TPSA) is 78.4 Å². The summed E-state index contributed by atoms with van der Waals surface area (Å²) < 4.78 is 0. The average Bonchev–Trinajstić information content (AvgIpc) is 2.25. The number of carbonyl (C=O) groups excluding carboxylic acids is 1. The van der Waals surface area contributed by atoms with E-state index < -0.39 is 12.0 Å². The van der Waals surface area contributed by atoms with Crippen molar-refractivity contribution in [1.29, 1.82) is 0 Å². The highest BCUT2D eigenvalue weighted by molar-refractivity contribution is 5.80. The molecule has 0 aromatic heterocycles. The van der Waals surface area contributed by atoms with Crippen LogP contribution in [0.1, 0.15) is 47.5 Å². The summed E-state index contributed by atoms with van der Waals surface area (Å²) in [6.07, 6.45) is 2.01. The van der Waals surface area contributed by atoms with E-state index in [1.807, 2.05) is 20.8 Å². The monoisotopic (exact) mass is 272 g/mol. The number of hydrogen-bond donors (Lipinski definition) is 3. The molecule has 1 amide bonds. The highest BCUT2D eigenvalue weighted by atomic mass is 16.4. The quantitative estimate of drug-likeness (QED) is 0.596. The molecule has 0 aliphatic rings. The summed E-state index contributed by atoms with van der Waals surface area (Å²) in [5, 5.41) is 14.6. The molecule has 0 rings (SSSR count). The number of hydrogen-bond acceptors (Lipinski definition) is 3. The molecule has 3 N–H and O–H groups in total. The van der Waals surface area contributed by atoms with Crippen LogP contribution in [-0.4, -0.2) is 35.6 Å². The Labute approximate surface area is 116 Å². The summed E-state index contributed by atoms with van der Waals surface area (Å²) >= 11 is 0. The van der Waals surface area contributed by atoms with Crippen molar-refractivity contribution < 1.29 is 14.7 Å². The molecule has 0 aromatic rings. The van der Waals surface area contributed by atoms with Crippen LogP contribution in [0.3, 0.4) is 0 Å². The van der Waals surface area contributed by atoms with Gasteiger partial charge < -0.3 is 10.4 Å². The molecule has 0 fully saturated rings. The second-order valence-electron chi connectivity index (χ2n) is 5.88. The summed E-state index contributed by atoms with van der Waals surface area (Å²) in [7, 11) is 0. The number of rotatable bonds is 9. The van der Waals surface area contributed by atoms with E-state index in [-0.39, 0.29) is 24.4 Å². The number of amides is 1. The molecule has 0 saturated carbocycles. The molecule has 19 heavy (non-hydrogen) atoms. The van der Waals surface area contributed by atoms with E-state index in [1.165, 1.54) is 0 Å². The summed E-state index contributed by atoms with van der Waals surface area (Å²) in [5.41, 5.74) is 0. The van der Waals surface area contributed by atoms with Crippen molar-refractivity contribution in [3.8, 4) is 0 Å². The van der Waals surface area contributed by atoms with Crippen LogP contribution in [0.5, 0.6) is 0 Å². The summed E-state index contributed by atoms with van der Waals surface area (Å²) in [5.74, 6) is -0.503. The third-order valence-corrected chi connectivity index (χ3v) is 3.00. The minimum atomic E-state index is -0.921. The SMILES string of the molecule is CC(C)CCC(C)NC(=O)CNC(C(=O)O)C(C)C. The molecule has 2 unspecified atom stereocenters. The molecule has 0 aliphatic heterocycles. The van der Waals surface area contributed by atoms with Gasteiger partial charge in [0.05, 0.1) is 6.54 Å². The minimum absolute atomic E-state index is 0.0428. The predicted molar refractivity (Wildman–Crippen MR) is 75.9 cm³/mol. The average molecular weight is 272 g/mol. The van der Waals surface area contributed by atoms with Crippen LogP contribution in [0, 0.1) is 11.8 Å². The fourth-order valence-corrected chi connectivity index (χ4v) is 1.79. The van der Waals surface area contributed by atoms with Gasteiger partial charge in [-0.05, 0) is 31.6 Å². The van der Waals surface area contributed by atoms with E-state index in [1.54, 1.807) is 0 Å². The molecule has 112 valence electrons. The van der Waals surface area contributed by atoms with Gasteiger partial charge in [0.1, 0.15) is 6.04 Å². The van der Waals surface area contributed by atoms with Crippen LogP contribution in [0.25, 0.3) is 0 Å². The highest BCUT2D eigenvalue weighted by Gasteiger charge is 2.21. The van der Waals surface area contributed by atoms with Crippen LogP contribution < -0.4 is 10.6 Å². The number of carboxylic acid groups (broad SMARTS) is 1. The molecule has 5 nitrogen and oxygen atoms in total. The van der Waals surface area contributed by atoms with Crippen molar-refractivity contribution in [2.45, 2.75) is 59.5 Å². The van der Waals surface area contributed by atoms with Crippen LogP contribution in [0.4, 0.5) is 0 Å². The Balaban J connectivity index is 4.00. The Morgan fingerprint density at radius 3 is 2.05 bits per heavy atom.